The van der Waals surface area contributed by atoms with Gasteiger partial charge in [0.25, 0.3) is 0 Å². The molecule has 1 unspecified atom stereocenters. The van der Waals surface area contributed by atoms with Gasteiger partial charge in [-0.2, -0.15) is 0 Å². The summed E-state index contributed by atoms with van der Waals surface area (Å²) in [6, 6.07) is 18.2. The molecule has 412 valence electrons. The second-order valence-electron chi connectivity index (χ2n) is 22.9. The van der Waals surface area contributed by atoms with Crippen molar-refractivity contribution in [2.45, 2.75) is 139 Å². The zero-order valence-corrected chi connectivity index (χ0v) is 46.7. The molecule has 8 N–H and O–H groups in total. The van der Waals surface area contributed by atoms with Gasteiger partial charge in [-0.3, -0.25) is 38.4 Å². The van der Waals surface area contributed by atoms with Crippen LogP contribution in [-0.4, -0.2) is 130 Å². The molecule has 9 rings (SSSR count). The molecule has 0 bridgehead atoms. The molecule has 4 fully saturated rings. The molecule has 2 aliphatic carbocycles. The number of hydrogen-bond acceptors (Lipinski definition) is 12. The molecule has 0 radical (unpaired) electrons. The van der Waals surface area contributed by atoms with Gasteiger partial charge in [-0.05, 0) is 115 Å². The second kappa shape index (κ2) is 23.2. The van der Waals surface area contributed by atoms with E-state index < -0.39 is 65.0 Å². The highest BCUT2D eigenvalue weighted by atomic mass is 32.2. The fourth-order valence-electron chi connectivity index (χ4n) is 12.5. The normalized spacial score (nSPS) is 28.1. The Bertz CT molecular complexity index is 2780. The third-order valence-corrected chi connectivity index (χ3v) is 19.1. The van der Waals surface area contributed by atoms with E-state index in [1.807, 2.05) is 100 Å². The monoisotopic (exact) mass is 1090 g/mol. The summed E-state index contributed by atoms with van der Waals surface area (Å²) in [7, 11) is 3.35. The van der Waals surface area contributed by atoms with Crippen LogP contribution in [0.15, 0.2) is 72.8 Å². The van der Waals surface area contributed by atoms with Crippen molar-refractivity contribution in [1.82, 2.24) is 52.3 Å². The van der Waals surface area contributed by atoms with Gasteiger partial charge in [-0.25, -0.2) is 0 Å². The molecule has 3 aromatic rings. The largest absolute Gasteiger partial charge is 0.352 e. The molecule has 4 heterocycles. The quantitative estimate of drug-likeness (QED) is 0.103. The molecular weight excluding hydrogens is 1020 g/mol. The lowest BCUT2D eigenvalue weighted by Crippen LogP contribution is -2.58. The van der Waals surface area contributed by atoms with E-state index in [2.05, 4.69) is 42.5 Å². The van der Waals surface area contributed by atoms with Crippen LogP contribution in [0.2, 0.25) is 0 Å². The summed E-state index contributed by atoms with van der Waals surface area (Å²) < 4.78 is 0. The van der Waals surface area contributed by atoms with E-state index in [9.17, 15) is 38.4 Å². The maximum atomic E-state index is 14.7. The van der Waals surface area contributed by atoms with E-state index in [0.717, 1.165) is 33.4 Å². The van der Waals surface area contributed by atoms with Crippen LogP contribution in [0.5, 0.6) is 0 Å². The molecule has 6 aliphatic rings. The minimum atomic E-state index is -0.821. The van der Waals surface area contributed by atoms with Gasteiger partial charge >= 0.3 is 0 Å². The Kier molecular flexibility index (Phi) is 16.8. The second-order valence-corrected chi connectivity index (χ2v) is 25.4. The third kappa shape index (κ3) is 11.6. The summed E-state index contributed by atoms with van der Waals surface area (Å²) in [5, 5.41) is 23.8. The molecule has 4 saturated heterocycles. The van der Waals surface area contributed by atoms with Crippen LogP contribution in [0.3, 0.4) is 0 Å². The molecule has 77 heavy (non-hydrogen) atoms. The highest BCUT2D eigenvalue weighted by Gasteiger charge is 2.57. The summed E-state index contributed by atoms with van der Waals surface area (Å²) in [5.74, 6) is -2.13. The molecule has 0 aromatic heterocycles. The van der Waals surface area contributed by atoms with Gasteiger partial charge in [-0.15, -0.1) is 23.5 Å². The number of amides is 8. The minimum absolute atomic E-state index is 0.0729. The smallest absolute Gasteiger partial charge is 0.246 e. The number of benzene rings is 3. The number of likely N-dealkylation sites (N-methyl/N-ethyl adjacent to an activating group) is 2. The van der Waals surface area contributed by atoms with Gasteiger partial charge in [0, 0.05) is 13.1 Å². The van der Waals surface area contributed by atoms with Crippen molar-refractivity contribution in [2.24, 2.45) is 22.7 Å². The lowest BCUT2D eigenvalue weighted by molar-refractivity contribution is -0.144. The van der Waals surface area contributed by atoms with Crippen molar-refractivity contribution >= 4 is 70.8 Å². The average molecular weight is 1090 g/mol. The fraction of sp³-hybridized carbons (Fsp3) is 0.544. The summed E-state index contributed by atoms with van der Waals surface area (Å²) in [6.07, 6.45) is 2.98. The van der Waals surface area contributed by atoms with Gasteiger partial charge in [0.2, 0.25) is 47.3 Å². The number of nitrogens with one attached hydrogen (secondary N) is 8. The Hall–Kier alpha value is -5.96. The van der Waals surface area contributed by atoms with Gasteiger partial charge < -0.3 is 52.3 Å². The van der Waals surface area contributed by atoms with Gasteiger partial charge in [0.15, 0.2) is 0 Å². The molecular formula is C57H74N10O8S2. The minimum Gasteiger partial charge on any atom is -0.352 e. The summed E-state index contributed by atoms with van der Waals surface area (Å²) >= 11 is 3.26. The summed E-state index contributed by atoms with van der Waals surface area (Å²) in [4.78, 5) is 115. The number of fused-ring (bicyclic) bond motifs is 4. The van der Waals surface area contributed by atoms with Crippen LogP contribution in [0, 0.1) is 22.7 Å². The first-order valence-electron chi connectivity index (χ1n) is 27.0. The van der Waals surface area contributed by atoms with E-state index in [4.69, 9.17) is 0 Å². The van der Waals surface area contributed by atoms with Crippen LogP contribution in [0.25, 0.3) is 0 Å². The summed E-state index contributed by atoms with van der Waals surface area (Å²) in [6.45, 7) is 10.2. The third-order valence-electron chi connectivity index (χ3n) is 16.6. The molecule has 18 nitrogen and oxygen atoms in total. The first kappa shape index (κ1) is 55.8. The number of nitrogens with zero attached hydrogens (tertiary/aromatic N) is 2. The van der Waals surface area contributed by atoms with Gasteiger partial charge in [-0.1, -0.05) is 100 Å². The van der Waals surface area contributed by atoms with Crippen LogP contribution in [-0.2, 0) is 64.3 Å². The predicted octanol–water partition coefficient (Wildman–Crippen LogP) is 2.96. The number of rotatable bonds is 16. The highest BCUT2D eigenvalue weighted by Crippen LogP contribution is 2.49. The molecule has 8 amide bonds. The lowest BCUT2D eigenvalue weighted by Gasteiger charge is -2.35. The average Bonchev–Trinajstić information content (AvgIpc) is 4.12. The molecule has 11 atom stereocenters. The Morgan fingerprint density at radius 3 is 1.45 bits per heavy atom. The van der Waals surface area contributed by atoms with Crippen LogP contribution in [0.1, 0.15) is 106 Å². The summed E-state index contributed by atoms with van der Waals surface area (Å²) in [5.41, 5.74) is 4.17. The van der Waals surface area contributed by atoms with Crippen molar-refractivity contribution in [3.05, 3.63) is 106 Å². The van der Waals surface area contributed by atoms with Gasteiger partial charge in [0.05, 0.1) is 47.3 Å². The van der Waals surface area contributed by atoms with Crippen molar-refractivity contribution < 1.29 is 38.4 Å². The molecule has 3 aromatic carbocycles. The predicted molar refractivity (Wildman–Crippen MR) is 295 cm³/mol. The van der Waals surface area contributed by atoms with E-state index >= 15 is 0 Å². The standard InChI is InChI=1S/C57H74N10O8S2/c1-31(59-7)49(69)63-41-21-23-77-44-27-57(4,5)48(67(44)55(41)75)53(73)65-46-37-15-11-9-13-35(37)25-39(46)51(71)61-29-33-18-16-32(17-19-33)28-60-50(70)38-24-34-12-8-10-14-36(34)45(38)64-52(72)47-56(2,3)26-43-66(47)54(74)40(20-22-76-43)62-42(68)30-58-6/h8-19,31,38-41,43-48,58-59H,20-30H2,1-7H3,(H,60,70)(H,61,71)(H,62,68)(H,63,69)(H,64,72)(H,65,73)/t31-,38+,39+,40-,41-,43-,44-,45-,46?,47+,48+/m0/s1. The number of carbonyl (C=O) groups is 8. The Balaban J connectivity index is 0.823. The van der Waals surface area contributed by atoms with Gasteiger partial charge in [0.1, 0.15) is 24.2 Å². The van der Waals surface area contributed by atoms with E-state index in [1.54, 1.807) is 54.3 Å². The number of carbonyl (C=O) groups excluding carboxylic acids is 8. The fourth-order valence-corrected chi connectivity index (χ4v) is 15.6. The van der Waals surface area contributed by atoms with Crippen molar-refractivity contribution in [3.8, 4) is 0 Å². The van der Waals surface area contributed by atoms with Crippen molar-refractivity contribution in [2.75, 3.05) is 32.1 Å². The Labute approximate surface area is 459 Å². The SMILES string of the molecule is CNCC(=O)N[C@H]1CCS[C@H]2CC(C)(C)[C@@H](C(=O)N[C@H]3c4ccccc4C[C@H]3C(=O)NCc3ccc(CNC(=O)[C@@H]4Cc5ccccc5C4NC(=O)[C@H]4N5C(=O)[C@@H](NC(=O)[C@H](C)NC)CCS[C@H]5CC4(C)C)cc3)N2C1=O. The number of thioether (sulfide) groups is 2. The van der Waals surface area contributed by atoms with Crippen LogP contribution >= 0.6 is 23.5 Å². The van der Waals surface area contributed by atoms with Crippen molar-refractivity contribution in [1.29, 1.82) is 0 Å². The first-order chi connectivity index (χ1) is 36.8. The molecule has 4 aliphatic heterocycles. The van der Waals surface area contributed by atoms with Crippen LogP contribution in [0.4, 0.5) is 0 Å². The Morgan fingerprint density at radius 2 is 1.03 bits per heavy atom. The molecule has 0 saturated carbocycles. The van der Waals surface area contributed by atoms with E-state index in [1.165, 1.54) is 0 Å². The number of hydrogen-bond donors (Lipinski definition) is 8. The van der Waals surface area contributed by atoms with E-state index in [-0.39, 0.29) is 77.6 Å². The molecule has 20 heteroatoms. The van der Waals surface area contributed by atoms with Crippen molar-refractivity contribution in [3.63, 3.8) is 0 Å². The lowest BCUT2D eigenvalue weighted by atomic mass is 9.83. The first-order valence-corrected chi connectivity index (χ1v) is 29.1. The zero-order valence-electron chi connectivity index (χ0n) is 45.0. The highest BCUT2D eigenvalue weighted by molar-refractivity contribution is 8.00. The Morgan fingerprint density at radius 1 is 0.597 bits per heavy atom. The maximum absolute atomic E-state index is 14.7. The zero-order chi connectivity index (χ0) is 54.9. The topological polar surface area (TPSA) is 239 Å². The van der Waals surface area contributed by atoms with Crippen LogP contribution < -0.4 is 42.5 Å². The van der Waals surface area contributed by atoms with E-state index in [0.29, 0.717) is 50.0 Å². The maximum Gasteiger partial charge on any atom is 0.246 e. The molecule has 0 spiro atoms.